The summed E-state index contributed by atoms with van der Waals surface area (Å²) >= 11 is 0. The molecule has 144 valence electrons. The quantitative estimate of drug-likeness (QED) is 0.455. The van der Waals surface area contributed by atoms with Crippen molar-refractivity contribution in [3.8, 4) is 17.2 Å². The molecule has 1 aromatic heterocycles. The highest BCUT2D eigenvalue weighted by Crippen LogP contribution is 2.27. The number of benzene rings is 3. The second-order valence-corrected chi connectivity index (χ2v) is 6.05. The van der Waals surface area contributed by atoms with Gasteiger partial charge in [0.2, 0.25) is 5.95 Å². The molecule has 4 rings (SSSR count). The van der Waals surface area contributed by atoms with Crippen LogP contribution in [0.4, 0.5) is 23.1 Å². The molecule has 0 bridgehead atoms. The van der Waals surface area contributed by atoms with E-state index in [-0.39, 0.29) is 0 Å². The van der Waals surface area contributed by atoms with E-state index in [1.807, 2.05) is 78.9 Å². The molecule has 0 amide bonds. The van der Waals surface area contributed by atoms with E-state index < -0.39 is 0 Å². The number of rotatable bonds is 7. The van der Waals surface area contributed by atoms with Crippen LogP contribution in [-0.2, 0) is 0 Å². The van der Waals surface area contributed by atoms with Crippen molar-refractivity contribution in [1.82, 2.24) is 15.2 Å². The Labute approximate surface area is 168 Å². The van der Waals surface area contributed by atoms with Gasteiger partial charge in [0, 0.05) is 5.69 Å². The van der Waals surface area contributed by atoms with Crippen LogP contribution >= 0.6 is 0 Å². The van der Waals surface area contributed by atoms with E-state index in [1.54, 1.807) is 13.3 Å². The molecular weight excluding hydrogens is 366 g/mol. The minimum absolute atomic E-state index is 0.377. The van der Waals surface area contributed by atoms with Crippen LogP contribution in [0.15, 0.2) is 85.1 Å². The normalized spacial score (nSPS) is 10.2. The Kier molecular flexibility index (Phi) is 5.48. The van der Waals surface area contributed by atoms with Crippen molar-refractivity contribution in [2.24, 2.45) is 0 Å². The summed E-state index contributed by atoms with van der Waals surface area (Å²) < 4.78 is 11.1. The highest BCUT2D eigenvalue weighted by atomic mass is 16.5. The van der Waals surface area contributed by atoms with Crippen LogP contribution in [-0.4, -0.2) is 22.3 Å². The molecule has 1 heterocycles. The fraction of sp³-hybridized carbons (Fsp3) is 0.0455. The molecule has 7 heteroatoms. The van der Waals surface area contributed by atoms with Gasteiger partial charge >= 0.3 is 0 Å². The lowest BCUT2D eigenvalue weighted by atomic mass is 10.3. The molecule has 0 unspecified atom stereocenters. The fourth-order valence-electron chi connectivity index (χ4n) is 2.66. The van der Waals surface area contributed by atoms with E-state index >= 15 is 0 Å². The summed E-state index contributed by atoms with van der Waals surface area (Å²) in [6.07, 6.45) is 1.55. The number of aromatic nitrogens is 3. The number of hydrogen-bond acceptors (Lipinski definition) is 7. The Morgan fingerprint density at radius 3 is 2.28 bits per heavy atom. The molecule has 2 N–H and O–H groups in total. The van der Waals surface area contributed by atoms with Gasteiger partial charge in [0.05, 0.1) is 19.0 Å². The van der Waals surface area contributed by atoms with E-state index in [0.29, 0.717) is 11.8 Å². The average Bonchev–Trinajstić information content (AvgIpc) is 2.77. The van der Waals surface area contributed by atoms with Crippen LogP contribution in [0.3, 0.4) is 0 Å². The van der Waals surface area contributed by atoms with Crippen molar-refractivity contribution in [1.29, 1.82) is 0 Å². The van der Waals surface area contributed by atoms with Gasteiger partial charge in [-0.15, -0.1) is 5.10 Å². The zero-order valence-corrected chi connectivity index (χ0v) is 15.7. The first-order valence-electron chi connectivity index (χ1n) is 9.00. The molecule has 0 radical (unpaired) electrons. The van der Waals surface area contributed by atoms with Crippen LogP contribution in [0.25, 0.3) is 0 Å². The predicted molar refractivity (Wildman–Crippen MR) is 112 cm³/mol. The summed E-state index contributed by atoms with van der Waals surface area (Å²) in [5, 5.41) is 14.4. The Morgan fingerprint density at radius 1 is 0.759 bits per heavy atom. The molecule has 0 saturated carbocycles. The highest BCUT2D eigenvalue weighted by Gasteiger charge is 2.06. The first-order valence-corrected chi connectivity index (χ1v) is 9.00. The number of para-hydroxylation sites is 3. The van der Waals surface area contributed by atoms with Gasteiger partial charge in [0.15, 0.2) is 5.82 Å². The first kappa shape index (κ1) is 18.2. The molecule has 3 aromatic carbocycles. The average molecular weight is 385 g/mol. The lowest BCUT2D eigenvalue weighted by Gasteiger charge is -2.11. The standard InChI is InChI=1S/C22H19N5O2/c1-28-20-10-6-5-9-19(20)25-21-15-23-27-22(26-21)24-16-11-13-18(14-12-16)29-17-7-3-2-4-8-17/h2-15H,1H3,(H2,24,25,26,27). The molecule has 4 aromatic rings. The van der Waals surface area contributed by atoms with Gasteiger partial charge in [-0.25, -0.2) is 0 Å². The maximum Gasteiger partial charge on any atom is 0.249 e. The predicted octanol–water partition coefficient (Wildman–Crippen LogP) is 5.16. The third-order valence-corrected chi connectivity index (χ3v) is 4.02. The molecule has 29 heavy (non-hydrogen) atoms. The Balaban J connectivity index is 1.44. The van der Waals surface area contributed by atoms with Gasteiger partial charge < -0.3 is 20.1 Å². The van der Waals surface area contributed by atoms with E-state index in [1.165, 1.54) is 0 Å². The van der Waals surface area contributed by atoms with Crippen LogP contribution in [0.2, 0.25) is 0 Å². The summed E-state index contributed by atoms with van der Waals surface area (Å²) in [5.41, 5.74) is 1.62. The zero-order chi connectivity index (χ0) is 19.9. The molecule has 0 fully saturated rings. The number of nitrogens with zero attached hydrogens (tertiary/aromatic N) is 3. The number of methoxy groups -OCH3 is 1. The second kappa shape index (κ2) is 8.71. The van der Waals surface area contributed by atoms with Crippen molar-refractivity contribution in [3.63, 3.8) is 0 Å². The van der Waals surface area contributed by atoms with E-state index in [2.05, 4.69) is 25.8 Å². The number of anilines is 4. The summed E-state index contributed by atoms with van der Waals surface area (Å²) in [5.74, 6) is 3.18. The van der Waals surface area contributed by atoms with Gasteiger partial charge in [-0.3, -0.25) is 0 Å². The minimum Gasteiger partial charge on any atom is -0.495 e. The highest BCUT2D eigenvalue weighted by molar-refractivity contribution is 5.64. The first-order chi connectivity index (χ1) is 14.3. The molecule has 0 aliphatic carbocycles. The Hall–Kier alpha value is -4.13. The molecule has 7 nitrogen and oxygen atoms in total. The second-order valence-electron chi connectivity index (χ2n) is 6.05. The molecular formula is C22H19N5O2. The molecule has 0 aliphatic rings. The summed E-state index contributed by atoms with van der Waals surface area (Å²) in [4.78, 5) is 4.45. The summed E-state index contributed by atoms with van der Waals surface area (Å²) in [6.45, 7) is 0. The topological polar surface area (TPSA) is 81.2 Å². The van der Waals surface area contributed by atoms with E-state index in [9.17, 15) is 0 Å². The van der Waals surface area contributed by atoms with Gasteiger partial charge in [-0.05, 0) is 48.5 Å². The molecule has 0 aliphatic heterocycles. The third-order valence-electron chi connectivity index (χ3n) is 4.02. The van der Waals surface area contributed by atoms with E-state index in [4.69, 9.17) is 9.47 Å². The largest absolute Gasteiger partial charge is 0.495 e. The fourth-order valence-corrected chi connectivity index (χ4v) is 2.66. The monoisotopic (exact) mass is 385 g/mol. The van der Waals surface area contributed by atoms with Gasteiger partial charge in [-0.1, -0.05) is 30.3 Å². The lowest BCUT2D eigenvalue weighted by Crippen LogP contribution is -2.03. The third kappa shape index (κ3) is 4.78. The van der Waals surface area contributed by atoms with Crippen LogP contribution in [0, 0.1) is 0 Å². The SMILES string of the molecule is COc1ccccc1Nc1cnnc(Nc2ccc(Oc3ccccc3)cc2)n1. The Bertz CT molecular complexity index is 1070. The van der Waals surface area contributed by atoms with Gasteiger partial charge in [0.25, 0.3) is 0 Å². The van der Waals surface area contributed by atoms with Gasteiger partial charge in [-0.2, -0.15) is 10.1 Å². The zero-order valence-electron chi connectivity index (χ0n) is 15.7. The maximum absolute atomic E-state index is 5.80. The van der Waals surface area contributed by atoms with Crippen LogP contribution in [0.5, 0.6) is 17.2 Å². The van der Waals surface area contributed by atoms with Crippen molar-refractivity contribution < 1.29 is 9.47 Å². The summed E-state index contributed by atoms with van der Waals surface area (Å²) in [7, 11) is 1.62. The molecule has 0 spiro atoms. The Morgan fingerprint density at radius 2 is 1.48 bits per heavy atom. The van der Waals surface area contributed by atoms with Crippen molar-refractivity contribution >= 4 is 23.1 Å². The van der Waals surface area contributed by atoms with E-state index in [0.717, 1.165) is 28.6 Å². The smallest absolute Gasteiger partial charge is 0.249 e. The van der Waals surface area contributed by atoms with Crippen molar-refractivity contribution in [3.05, 3.63) is 85.1 Å². The van der Waals surface area contributed by atoms with Crippen molar-refractivity contribution in [2.45, 2.75) is 0 Å². The number of nitrogens with one attached hydrogen (secondary N) is 2. The van der Waals surface area contributed by atoms with Gasteiger partial charge in [0.1, 0.15) is 17.2 Å². The molecule has 0 atom stereocenters. The van der Waals surface area contributed by atoms with Crippen LogP contribution in [0.1, 0.15) is 0 Å². The summed E-state index contributed by atoms with van der Waals surface area (Å²) in [6, 6.07) is 24.8. The number of hydrogen-bond donors (Lipinski definition) is 2. The van der Waals surface area contributed by atoms with Crippen molar-refractivity contribution in [2.75, 3.05) is 17.7 Å². The lowest BCUT2D eigenvalue weighted by molar-refractivity contribution is 0.417. The maximum atomic E-state index is 5.80. The molecule has 0 saturated heterocycles. The minimum atomic E-state index is 0.377. The number of ether oxygens (including phenoxy) is 2. The van der Waals surface area contributed by atoms with Crippen LogP contribution < -0.4 is 20.1 Å².